The third-order valence-corrected chi connectivity index (χ3v) is 21.3. The number of aryl methyl sites for hydroxylation is 3. The van der Waals surface area contributed by atoms with Gasteiger partial charge in [0.05, 0.1) is 0 Å². The molecule has 3 aromatic rings. The summed E-state index contributed by atoms with van der Waals surface area (Å²) in [6.07, 6.45) is 20.0. The van der Waals surface area contributed by atoms with Gasteiger partial charge < -0.3 is 21.1 Å². The van der Waals surface area contributed by atoms with Crippen molar-refractivity contribution in [2.75, 3.05) is 0 Å². The molecule has 12 rings (SSSR count). The minimum atomic E-state index is -5.73. The maximum Gasteiger partial charge on any atom is 1.00 e. The second-order valence-electron chi connectivity index (χ2n) is 24.1. The Morgan fingerprint density at radius 3 is 1.64 bits per heavy atom. The van der Waals surface area contributed by atoms with E-state index >= 15 is 0 Å². The fourth-order valence-electron chi connectivity index (χ4n) is 14.5. The van der Waals surface area contributed by atoms with E-state index in [1.807, 2.05) is 75.4 Å². The van der Waals surface area contributed by atoms with Gasteiger partial charge in [0, 0.05) is 34.3 Å². The summed E-state index contributed by atoms with van der Waals surface area (Å²) < 4.78 is 68.0. The van der Waals surface area contributed by atoms with Crippen LogP contribution in [0.1, 0.15) is 180 Å². The van der Waals surface area contributed by atoms with Crippen LogP contribution in [0.25, 0.3) is 11.1 Å². The van der Waals surface area contributed by atoms with E-state index in [1.54, 1.807) is 0 Å². The van der Waals surface area contributed by atoms with Crippen molar-refractivity contribution in [3.8, 4) is 0 Å². The van der Waals surface area contributed by atoms with Crippen LogP contribution >= 0.6 is 12.4 Å². The summed E-state index contributed by atoms with van der Waals surface area (Å²) in [6.45, 7) is 19.2. The number of hydrogen-bond acceptors (Lipinski definition) is 6. The summed E-state index contributed by atoms with van der Waals surface area (Å²) in [5, 5.41) is 11.5. The van der Waals surface area contributed by atoms with Crippen LogP contribution in [-0.4, -0.2) is 25.5 Å². The van der Waals surface area contributed by atoms with E-state index in [0.717, 1.165) is 92.9 Å². The number of rotatable bonds is 4. The van der Waals surface area contributed by atoms with Gasteiger partial charge in [0.25, 0.3) is 0 Å². The van der Waals surface area contributed by atoms with Crippen LogP contribution in [-0.2, 0) is 38.4 Å². The Morgan fingerprint density at radius 2 is 1.14 bits per heavy atom. The Bertz CT molecular complexity index is 2920. The molecule has 0 amide bonds. The third-order valence-electron chi connectivity index (χ3n) is 20.3. The molecule has 4 fully saturated rings. The van der Waals surface area contributed by atoms with E-state index < -0.39 is 26.5 Å². The Kier molecular flexibility index (Phi) is 19.8. The van der Waals surface area contributed by atoms with Gasteiger partial charge in [0.1, 0.15) is 11.5 Å². The molecule has 0 spiro atoms. The first-order valence-corrected chi connectivity index (χ1v) is 27.4. The van der Waals surface area contributed by atoms with Crippen LogP contribution < -0.4 is 42.8 Å². The van der Waals surface area contributed by atoms with E-state index in [2.05, 4.69) is 78.0 Å². The van der Waals surface area contributed by atoms with E-state index in [4.69, 9.17) is 4.18 Å². The molecule has 3 aromatic carbocycles. The number of ketones is 2. The van der Waals surface area contributed by atoms with E-state index in [0.29, 0.717) is 35.4 Å². The topological polar surface area (TPSA) is 101 Å². The van der Waals surface area contributed by atoms with Crippen molar-refractivity contribution >= 4 is 45.2 Å². The minimum Gasteiger partial charge on any atom is -0.901 e. The summed E-state index contributed by atoms with van der Waals surface area (Å²) in [4.78, 5) is 24.5. The number of carbonyl (C=O) groups excluding carboxylic acids is 2. The number of Topliss-reactive ketones (excluding diaryl/α,β-unsaturated/α-hetero) is 2. The van der Waals surface area contributed by atoms with E-state index in [9.17, 15) is 36.3 Å². The van der Waals surface area contributed by atoms with E-state index in [1.165, 1.54) is 28.7 Å². The van der Waals surface area contributed by atoms with Gasteiger partial charge in [-0.3, -0.25) is 9.59 Å². The molecule has 0 heterocycles. The molecular weight excluding hydrogens is 991 g/mol. The van der Waals surface area contributed by atoms with Crippen molar-refractivity contribution in [2.45, 2.75) is 166 Å². The van der Waals surface area contributed by atoms with Crippen molar-refractivity contribution in [1.29, 1.82) is 0 Å². The predicted molar refractivity (Wildman–Crippen MR) is 292 cm³/mol. The third kappa shape index (κ3) is 10.3. The number of halogens is 4. The van der Waals surface area contributed by atoms with Crippen LogP contribution in [0.5, 0.6) is 0 Å². The first kappa shape index (κ1) is 65.3. The Hall–Kier alpha value is -3.22. The second kappa shape index (κ2) is 23.1. The molecule has 0 radical (unpaired) electrons. The molecule has 7 atom stereocenters. The number of hydrogen-bond donors (Lipinski definition) is 0. The number of allylic oxidation sites excluding steroid dienone is 8. The van der Waals surface area contributed by atoms with Crippen LogP contribution in [0.4, 0.5) is 13.2 Å². The van der Waals surface area contributed by atoms with Gasteiger partial charge in [-0.1, -0.05) is 179 Å². The molecule has 0 N–H and O–H groups in total. The molecular formula is C63H80ClF3Li2O6S. The maximum atomic E-state index is 13.2. The molecule has 404 valence electrons. The summed E-state index contributed by atoms with van der Waals surface area (Å²) in [5.74, 6) is 2.10. The zero-order valence-electron chi connectivity index (χ0n) is 45.5. The van der Waals surface area contributed by atoms with Crippen LogP contribution in [0, 0.1) is 62.2 Å². The first-order valence-electron chi connectivity index (χ1n) is 26.0. The number of fused-ring (bicyclic) bond motifs is 9. The largest absolute Gasteiger partial charge is 1.00 e. The molecule has 0 aliphatic heterocycles. The minimum absolute atomic E-state index is 0. The Labute approximate surface area is 483 Å². The predicted octanol–water partition coefficient (Wildman–Crippen LogP) is 9.65. The molecule has 6 bridgehead atoms. The van der Waals surface area contributed by atoms with Crippen LogP contribution in [0.2, 0.25) is 0 Å². The average Bonchev–Trinajstić information content (AvgIpc) is 3.96. The number of alkyl halides is 3. The van der Waals surface area contributed by atoms with Gasteiger partial charge in [-0.05, 0) is 132 Å². The van der Waals surface area contributed by atoms with Gasteiger partial charge in [-0.15, -0.1) is 12.4 Å². The van der Waals surface area contributed by atoms with Gasteiger partial charge in [-0.2, -0.15) is 27.5 Å². The van der Waals surface area contributed by atoms with Crippen molar-refractivity contribution in [2.24, 2.45) is 56.2 Å². The van der Waals surface area contributed by atoms with Gasteiger partial charge >= 0.3 is 53.3 Å². The second-order valence-corrected chi connectivity index (χ2v) is 25.7. The molecule has 76 heavy (non-hydrogen) atoms. The Balaban J connectivity index is 0.000000229. The van der Waals surface area contributed by atoms with Crippen LogP contribution in [0.15, 0.2) is 102 Å². The molecule has 6 nitrogen and oxygen atoms in total. The average molecular weight is 1070 g/mol. The maximum absolute atomic E-state index is 13.2. The summed E-state index contributed by atoms with van der Waals surface area (Å²) in [7, 11) is -5.73. The fraction of sp³-hybridized carbons (Fsp3) is 0.556. The molecule has 7 unspecified atom stereocenters. The van der Waals surface area contributed by atoms with Crippen LogP contribution in [0.3, 0.4) is 0 Å². The van der Waals surface area contributed by atoms with Crippen molar-refractivity contribution < 1.29 is 78.2 Å². The zero-order valence-corrected chi connectivity index (χ0v) is 47.1. The number of carbonyl (C=O) groups is 2. The summed E-state index contributed by atoms with van der Waals surface area (Å²) in [5.41, 5.74) is 3.32. The Morgan fingerprint density at radius 1 is 0.632 bits per heavy atom. The molecule has 4 saturated carbocycles. The van der Waals surface area contributed by atoms with Crippen molar-refractivity contribution in [1.82, 2.24) is 0 Å². The van der Waals surface area contributed by atoms with Gasteiger partial charge in [-0.25, -0.2) is 0 Å². The first-order chi connectivity index (χ1) is 33.2. The SMILES string of the molecule is C.C.CC12CCC(C(C3=CCCc4ccccc43)=C1OS(=O)(=O)C(F)(F)F)C2(C)C.CC12CCC(C(C3=CCCc4ccccc43)C1=O)C2(C)C.CC12CCC([C-]=C1[O-])C2(C)C.Cl.O=C1CCCc2ccccc21.[Li+].[Li+]. The molecule has 9 aliphatic carbocycles. The monoisotopic (exact) mass is 1070 g/mol. The van der Waals surface area contributed by atoms with Crippen molar-refractivity contribution in [3.05, 3.63) is 141 Å². The number of benzene rings is 3. The fourth-order valence-corrected chi connectivity index (χ4v) is 15.1. The zero-order chi connectivity index (χ0) is 51.3. The quantitative estimate of drug-likeness (QED) is 0.112. The van der Waals surface area contributed by atoms with Crippen molar-refractivity contribution in [3.63, 3.8) is 0 Å². The molecule has 0 saturated heterocycles. The summed E-state index contributed by atoms with van der Waals surface area (Å²) >= 11 is 0. The standard InChI is InChI=1S/C21H23F3O3S.C20H24O.C10H15O.C10H10O.2CH4.ClH.2Li/c1-19(2)16-11-12-20(19,3)18(27-28(25,26)21(22,23)24)17(16)15-10-6-8-13-7-4-5-9-14(13)15;1-19(2)16-11-12-20(19,3)18(21)17(16)15-10-6-8-13-7-4-5-9-14(13)15;1-9(2)7-4-5-10(9,3)8(11)6-7;11-10-7-3-5-8-4-1-2-6-9(8)10;;;;;/h4-5,7,9-10,16H,6,8,11-12H2,1-3H3;4-5,7,9-10,16-17H,6,8,11-12H2,1-3H3;7,11H,4-5H2,1-3H3;1-2,4,6H,3,5,7H2;2*1H4;1H;;/q;;-1;;;;;2*+1/p-1. The van der Waals surface area contributed by atoms with Gasteiger partial charge in [0.2, 0.25) is 0 Å². The molecule has 0 aromatic heterocycles. The smallest absolute Gasteiger partial charge is 0.901 e. The normalized spacial score (nSPS) is 29.8. The summed E-state index contributed by atoms with van der Waals surface area (Å²) in [6, 6.07) is 24.4. The molecule has 9 aliphatic rings. The molecule has 13 heteroatoms. The van der Waals surface area contributed by atoms with Gasteiger partial charge in [0.15, 0.2) is 5.78 Å². The van der Waals surface area contributed by atoms with E-state index in [-0.39, 0.29) is 110 Å².